The van der Waals surface area contributed by atoms with E-state index in [0.717, 1.165) is 58.3 Å². The van der Waals surface area contributed by atoms with Gasteiger partial charge in [-0.1, -0.05) is 20.8 Å². The smallest absolute Gasteiger partial charge is 0.223 e. The molecule has 0 radical (unpaired) electrons. The molecule has 5 heteroatoms. The van der Waals surface area contributed by atoms with Gasteiger partial charge in [-0.2, -0.15) is 0 Å². The van der Waals surface area contributed by atoms with Crippen LogP contribution in [-0.4, -0.2) is 48.4 Å². The average Bonchev–Trinajstić information content (AvgIpc) is 2.55. The zero-order valence-corrected chi connectivity index (χ0v) is 23.0. The molecule has 190 valence electrons. The number of amides is 1. The largest absolute Gasteiger partial charge is 0.378 e. The molecule has 0 unspecified atom stereocenters. The summed E-state index contributed by atoms with van der Waals surface area (Å²) in [6.45, 7) is 24.3. The molecule has 5 nitrogen and oxygen atoms in total. The Morgan fingerprint density at radius 1 is 0.812 bits per heavy atom. The molecule has 0 bridgehead atoms. The lowest BCUT2D eigenvalue weighted by molar-refractivity contribution is -0.135. The Morgan fingerprint density at radius 3 is 1.97 bits per heavy atom. The van der Waals surface area contributed by atoms with Crippen LogP contribution >= 0.6 is 0 Å². The molecular formula is C27H54N2O3. The minimum Gasteiger partial charge on any atom is -0.378 e. The molecule has 0 aromatic rings. The quantitative estimate of drug-likeness (QED) is 0.323. The normalized spacial score (nSPS) is 20.2. The summed E-state index contributed by atoms with van der Waals surface area (Å²) in [6.07, 6.45) is 7.20. The van der Waals surface area contributed by atoms with Crippen molar-refractivity contribution in [2.75, 3.05) is 19.8 Å². The summed E-state index contributed by atoms with van der Waals surface area (Å²) in [5.41, 5.74) is 0.120. The molecule has 0 aromatic heterocycles. The zero-order valence-electron chi connectivity index (χ0n) is 23.0. The van der Waals surface area contributed by atoms with Crippen LogP contribution in [0, 0.1) is 11.3 Å². The second kappa shape index (κ2) is 12.2. The molecule has 1 saturated carbocycles. The molecule has 1 rings (SSSR count). The van der Waals surface area contributed by atoms with E-state index in [1.54, 1.807) is 0 Å². The van der Waals surface area contributed by atoms with E-state index in [4.69, 9.17) is 9.47 Å². The van der Waals surface area contributed by atoms with Gasteiger partial charge in [0.25, 0.3) is 0 Å². The van der Waals surface area contributed by atoms with Crippen LogP contribution in [0.1, 0.15) is 114 Å². The molecule has 0 aromatic carbocycles. The van der Waals surface area contributed by atoms with E-state index in [2.05, 4.69) is 79.9 Å². The first-order valence-corrected chi connectivity index (χ1v) is 12.8. The van der Waals surface area contributed by atoms with Crippen LogP contribution in [0.4, 0.5) is 0 Å². The highest BCUT2D eigenvalue weighted by Crippen LogP contribution is 2.32. The van der Waals surface area contributed by atoms with Crippen molar-refractivity contribution in [2.24, 2.45) is 11.3 Å². The van der Waals surface area contributed by atoms with Crippen LogP contribution in [0.3, 0.4) is 0 Å². The van der Waals surface area contributed by atoms with Crippen molar-refractivity contribution in [3.8, 4) is 0 Å². The minimum atomic E-state index is -0.204. The van der Waals surface area contributed by atoms with Crippen LogP contribution in [-0.2, 0) is 14.3 Å². The second-order valence-electron chi connectivity index (χ2n) is 13.3. The van der Waals surface area contributed by atoms with Crippen LogP contribution in [0.2, 0.25) is 0 Å². The number of hydrogen-bond acceptors (Lipinski definition) is 4. The van der Waals surface area contributed by atoms with Crippen molar-refractivity contribution in [1.29, 1.82) is 0 Å². The van der Waals surface area contributed by atoms with Gasteiger partial charge in [-0.05, 0) is 105 Å². The van der Waals surface area contributed by atoms with Gasteiger partial charge in [0.05, 0.1) is 11.7 Å². The number of nitrogens with one attached hydrogen (secondary N) is 2. The van der Waals surface area contributed by atoms with Gasteiger partial charge >= 0.3 is 0 Å². The molecule has 0 saturated heterocycles. The first-order valence-electron chi connectivity index (χ1n) is 12.8. The van der Waals surface area contributed by atoms with Gasteiger partial charge in [-0.25, -0.2) is 0 Å². The highest BCUT2D eigenvalue weighted by molar-refractivity contribution is 5.80. The van der Waals surface area contributed by atoms with Crippen molar-refractivity contribution in [1.82, 2.24) is 10.6 Å². The fourth-order valence-electron chi connectivity index (χ4n) is 3.86. The molecule has 0 aliphatic heterocycles. The Bertz CT molecular complexity index is 552. The molecule has 1 aliphatic carbocycles. The Balaban J connectivity index is 2.22. The monoisotopic (exact) mass is 454 g/mol. The molecule has 1 fully saturated rings. The Labute approximate surface area is 199 Å². The van der Waals surface area contributed by atoms with Crippen molar-refractivity contribution in [2.45, 2.75) is 137 Å². The summed E-state index contributed by atoms with van der Waals surface area (Å²) in [7, 11) is 0. The van der Waals surface area contributed by atoms with Gasteiger partial charge in [0.15, 0.2) is 0 Å². The maximum atomic E-state index is 12.7. The van der Waals surface area contributed by atoms with E-state index in [1.165, 1.54) is 6.42 Å². The van der Waals surface area contributed by atoms with Gasteiger partial charge in [-0.3, -0.25) is 4.79 Å². The zero-order chi connectivity index (χ0) is 24.6. The van der Waals surface area contributed by atoms with Crippen LogP contribution < -0.4 is 10.6 Å². The van der Waals surface area contributed by atoms with Gasteiger partial charge in [0.1, 0.15) is 0 Å². The molecular weight excluding hydrogens is 400 g/mol. The SMILES string of the molecule is CC(C)(C)CCCO[C@H]1C[C@@H](C(=O)NC(C)(C)CCC(C)(C)NCCCOC(C)(C)C)C1. The summed E-state index contributed by atoms with van der Waals surface area (Å²) in [4.78, 5) is 12.7. The topological polar surface area (TPSA) is 59.6 Å². The Morgan fingerprint density at radius 2 is 1.41 bits per heavy atom. The van der Waals surface area contributed by atoms with Gasteiger partial charge in [-0.15, -0.1) is 0 Å². The number of hydrogen-bond donors (Lipinski definition) is 2. The van der Waals surface area contributed by atoms with Crippen LogP contribution in [0.25, 0.3) is 0 Å². The fourth-order valence-corrected chi connectivity index (χ4v) is 3.86. The average molecular weight is 455 g/mol. The lowest BCUT2D eigenvalue weighted by Crippen LogP contribution is -2.51. The second-order valence-corrected chi connectivity index (χ2v) is 13.3. The van der Waals surface area contributed by atoms with Gasteiger partial charge in [0, 0.05) is 30.2 Å². The summed E-state index contributed by atoms with van der Waals surface area (Å²) in [6, 6.07) is 0. The minimum absolute atomic E-state index is 0.0339. The number of rotatable bonds is 14. The van der Waals surface area contributed by atoms with Crippen LogP contribution in [0.5, 0.6) is 0 Å². The number of carbonyl (C=O) groups excluding carboxylic acids is 1. The summed E-state index contributed by atoms with van der Waals surface area (Å²) in [5, 5.41) is 6.94. The van der Waals surface area contributed by atoms with E-state index >= 15 is 0 Å². The number of ether oxygens (including phenoxy) is 2. The van der Waals surface area contributed by atoms with E-state index < -0.39 is 0 Å². The van der Waals surface area contributed by atoms with E-state index in [1.807, 2.05) is 0 Å². The molecule has 0 heterocycles. The third-order valence-corrected chi connectivity index (χ3v) is 6.19. The maximum Gasteiger partial charge on any atom is 0.223 e. The van der Waals surface area contributed by atoms with Crippen molar-refractivity contribution < 1.29 is 14.3 Å². The summed E-state index contributed by atoms with van der Waals surface area (Å²) < 4.78 is 11.7. The van der Waals surface area contributed by atoms with Crippen molar-refractivity contribution in [3.63, 3.8) is 0 Å². The lowest BCUT2D eigenvalue weighted by atomic mass is 9.80. The highest BCUT2D eigenvalue weighted by Gasteiger charge is 2.37. The predicted molar refractivity (Wildman–Crippen MR) is 135 cm³/mol. The summed E-state index contributed by atoms with van der Waals surface area (Å²) in [5.74, 6) is 0.297. The van der Waals surface area contributed by atoms with Gasteiger partial charge < -0.3 is 20.1 Å². The summed E-state index contributed by atoms with van der Waals surface area (Å²) >= 11 is 0. The molecule has 1 amide bonds. The van der Waals surface area contributed by atoms with E-state index in [9.17, 15) is 4.79 Å². The van der Waals surface area contributed by atoms with Crippen molar-refractivity contribution in [3.05, 3.63) is 0 Å². The number of carbonyl (C=O) groups is 1. The van der Waals surface area contributed by atoms with E-state index in [0.29, 0.717) is 5.41 Å². The Kier molecular flexibility index (Phi) is 11.2. The van der Waals surface area contributed by atoms with Crippen LogP contribution in [0.15, 0.2) is 0 Å². The molecule has 2 N–H and O–H groups in total. The fraction of sp³-hybridized carbons (Fsp3) is 0.963. The molecule has 1 aliphatic rings. The third-order valence-electron chi connectivity index (χ3n) is 6.19. The third kappa shape index (κ3) is 13.8. The first kappa shape index (κ1) is 29.4. The van der Waals surface area contributed by atoms with Crippen molar-refractivity contribution >= 4 is 5.91 Å². The standard InChI is InChI=1S/C27H54N2O3/c1-24(2,3)13-11-17-31-22-19-21(20-22)23(30)29-27(9,10)15-14-26(7,8)28-16-12-18-32-25(4,5)6/h21-22,28H,11-20H2,1-10H3,(H,29,30)/t21-,22+. The highest BCUT2D eigenvalue weighted by atomic mass is 16.5. The van der Waals surface area contributed by atoms with E-state index in [-0.39, 0.29) is 34.6 Å². The molecule has 0 atom stereocenters. The lowest BCUT2D eigenvalue weighted by Gasteiger charge is -2.38. The van der Waals surface area contributed by atoms with Gasteiger partial charge in [0.2, 0.25) is 5.91 Å². The first-order chi connectivity index (χ1) is 14.5. The predicted octanol–water partition coefficient (Wildman–Crippen LogP) is 5.86. The molecule has 0 spiro atoms. The maximum absolute atomic E-state index is 12.7. The molecule has 32 heavy (non-hydrogen) atoms. The Hall–Kier alpha value is -0.650.